The van der Waals surface area contributed by atoms with Crippen LogP contribution >= 0.6 is 0 Å². The van der Waals surface area contributed by atoms with E-state index in [1.54, 1.807) is 16.9 Å². The molecular formula is C17H24N2O3. The standard InChI is InChI=1S/C17H24N2O3/c1-4-13(5-2)17(21)18-10-11-19(16(20)12-18)14-6-8-15(22-3)9-7-14/h6-9,13H,4-5,10-12H2,1-3H3. The highest BCUT2D eigenvalue weighted by atomic mass is 16.5. The van der Waals surface area contributed by atoms with Crippen LogP contribution < -0.4 is 9.64 Å². The SMILES string of the molecule is CCC(CC)C(=O)N1CCN(c2ccc(OC)cc2)C(=O)C1. The van der Waals surface area contributed by atoms with Crippen LogP contribution in [-0.4, -0.2) is 43.5 Å². The van der Waals surface area contributed by atoms with Gasteiger partial charge >= 0.3 is 0 Å². The summed E-state index contributed by atoms with van der Waals surface area (Å²) in [7, 11) is 1.61. The third kappa shape index (κ3) is 3.40. The Morgan fingerprint density at radius 1 is 1.18 bits per heavy atom. The Kier molecular flexibility index (Phi) is 5.41. The van der Waals surface area contributed by atoms with Crippen LogP contribution in [0.4, 0.5) is 5.69 Å². The van der Waals surface area contributed by atoms with Crippen molar-refractivity contribution >= 4 is 17.5 Å². The first kappa shape index (κ1) is 16.3. The fourth-order valence-electron chi connectivity index (χ4n) is 2.79. The molecule has 1 heterocycles. The molecule has 2 rings (SSSR count). The zero-order chi connectivity index (χ0) is 16.1. The Bertz CT molecular complexity index is 523. The molecule has 0 bridgehead atoms. The number of hydrogen-bond acceptors (Lipinski definition) is 3. The van der Waals surface area contributed by atoms with Gasteiger partial charge in [0, 0.05) is 24.7 Å². The van der Waals surface area contributed by atoms with E-state index in [1.807, 2.05) is 38.1 Å². The molecule has 0 N–H and O–H groups in total. The molecular weight excluding hydrogens is 280 g/mol. The molecule has 5 nitrogen and oxygen atoms in total. The summed E-state index contributed by atoms with van der Waals surface area (Å²) >= 11 is 0. The Hall–Kier alpha value is -2.04. The second kappa shape index (κ2) is 7.29. The summed E-state index contributed by atoms with van der Waals surface area (Å²) in [4.78, 5) is 28.2. The summed E-state index contributed by atoms with van der Waals surface area (Å²) in [6.45, 7) is 5.33. The minimum Gasteiger partial charge on any atom is -0.497 e. The fraction of sp³-hybridized carbons (Fsp3) is 0.529. The van der Waals surface area contributed by atoms with E-state index in [2.05, 4.69) is 0 Å². The molecule has 0 aromatic heterocycles. The van der Waals surface area contributed by atoms with Gasteiger partial charge in [-0.05, 0) is 37.1 Å². The van der Waals surface area contributed by atoms with Crippen LogP contribution in [-0.2, 0) is 9.59 Å². The van der Waals surface area contributed by atoms with Gasteiger partial charge in [0.05, 0.1) is 7.11 Å². The van der Waals surface area contributed by atoms with Gasteiger partial charge < -0.3 is 14.5 Å². The van der Waals surface area contributed by atoms with Crippen LogP contribution in [0, 0.1) is 5.92 Å². The van der Waals surface area contributed by atoms with Crippen LogP contribution in [0.25, 0.3) is 0 Å². The molecule has 1 saturated heterocycles. The van der Waals surface area contributed by atoms with Crippen molar-refractivity contribution in [2.24, 2.45) is 5.92 Å². The van der Waals surface area contributed by atoms with Crippen LogP contribution in [0.15, 0.2) is 24.3 Å². The van der Waals surface area contributed by atoms with E-state index < -0.39 is 0 Å². The van der Waals surface area contributed by atoms with Crippen molar-refractivity contribution in [2.45, 2.75) is 26.7 Å². The van der Waals surface area contributed by atoms with Crippen molar-refractivity contribution in [3.63, 3.8) is 0 Å². The van der Waals surface area contributed by atoms with E-state index in [0.717, 1.165) is 24.3 Å². The van der Waals surface area contributed by atoms with E-state index in [1.165, 1.54) is 0 Å². The number of carbonyl (C=O) groups excluding carboxylic acids is 2. The lowest BCUT2D eigenvalue weighted by molar-refractivity contribution is -0.140. The van der Waals surface area contributed by atoms with Gasteiger partial charge in [0.25, 0.3) is 0 Å². The van der Waals surface area contributed by atoms with E-state index in [4.69, 9.17) is 4.74 Å². The number of carbonyl (C=O) groups is 2. The van der Waals surface area contributed by atoms with Crippen molar-refractivity contribution in [1.82, 2.24) is 4.90 Å². The molecule has 0 atom stereocenters. The Labute approximate surface area is 131 Å². The first-order valence-electron chi connectivity index (χ1n) is 7.83. The molecule has 1 aliphatic rings. The topological polar surface area (TPSA) is 49.9 Å². The van der Waals surface area contributed by atoms with Gasteiger partial charge in [-0.2, -0.15) is 0 Å². The molecule has 0 saturated carbocycles. The van der Waals surface area contributed by atoms with Crippen molar-refractivity contribution in [3.8, 4) is 5.75 Å². The molecule has 2 amide bonds. The Morgan fingerprint density at radius 2 is 1.82 bits per heavy atom. The normalized spacial score (nSPS) is 15.4. The van der Waals surface area contributed by atoms with Gasteiger partial charge in [-0.3, -0.25) is 9.59 Å². The maximum absolute atomic E-state index is 12.4. The molecule has 0 unspecified atom stereocenters. The lowest BCUT2D eigenvalue weighted by Gasteiger charge is -2.35. The van der Waals surface area contributed by atoms with Gasteiger partial charge in [0.15, 0.2) is 0 Å². The minimum atomic E-state index is -0.0317. The number of methoxy groups -OCH3 is 1. The molecule has 1 aliphatic heterocycles. The van der Waals surface area contributed by atoms with Crippen molar-refractivity contribution < 1.29 is 14.3 Å². The monoisotopic (exact) mass is 304 g/mol. The smallest absolute Gasteiger partial charge is 0.246 e. The van der Waals surface area contributed by atoms with Crippen LogP contribution in [0.2, 0.25) is 0 Å². The zero-order valence-electron chi connectivity index (χ0n) is 13.5. The number of amides is 2. The number of nitrogens with zero attached hydrogens (tertiary/aromatic N) is 2. The molecule has 0 spiro atoms. The summed E-state index contributed by atoms with van der Waals surface area (Å²) in [6, 6.07) is 7.42. The van der Waals surface area contributed by atoms with Gasteiger partial charge in [-0.1, -0.05) is 13.8 Å². The highest BCUT2D eigenvalue weighted by Gasteiger charge is 2.30. The van der Waals surface area contributed by atoms with Gasteiger partial charge in [-0.15, -0.1) is 0 Å². The summed E-state index contributed by atoms with van der Waals surface area (Å²) in [5, 5.41) is 0. The van der Waals surface area contributed by atoms with E-state index in [-0.39, 0.29) is 24.3 Å². The first-order valence-corrected chi connectivity index (χ1v) is 7.83. The van der Waals surface area contributed by atoms with Gasteiger partial charge in [0.2, 0.25) is 11.8 Å². The second-order valence-electron chi connectivity index (χ2n) is 5.52. The maximum Gasteiger partial charge on any atom is 0.246 e. The number of ether oxygens (including phenoxy) is 1. The third-order valence-electron chi connectivity index (χ3n) is 4.25. The first-order chi connectivity index (χ1) is 10.6. The summed E-state index contributed by atoms with van der Waals surface area (Å²) in [6.07, 6.45) is 1.64. The lowest BCUT2D eigenvalue weighted by Crippen LogP contribution is -2.53. The average Bonchev–Trinajstić information content (AvgIpc) is 2.56. The number of hydrogen-bond donors (Lipinski definition) is 0. The summed E-state index contributed by atoms with van der Waals surface area (Å²) in [5.74, 6) is 0.863. The van der Waals surface area contributed by atoms with Crippen molar-refractivity contribution in [1.29, 1.82) is 0 Å². The molecule has 1 fully saturated rings. The quantitative estimate of drug-likeness (QED) is 0.839. The van der Waals surface area contributed by atoms with Gasteiger partial charge in [0.1, 0.15) is 12.3 Å². The second-order valence-corrected chi connectivity index (χ2v) is 5.52. The minimum absolute atomic E-state index is 0.0281. The summed E-state index contributed by atoms with van der Waals surface area (Å²) in [5.41, 5.74) is 0.848. The van der Waals surface area contributed by atoms with Gasteiger partial charge in [-0.25, -0.2) is 0 Å². The predicted octanol–water partition coefficient (Wildman–Crippen LogP) is 2.31. The van der Waals surface area contributed by atoms with Crippen LogP contribution in [0.3, 0.4) is 0 Å². The number of benzene rings is 1. The molecule has 5 heteroatoms. The van der Waals surface area contributed by atoms with E-state index in [0.29, 0.717) is 13.1 Å². The van der Waals surface area contributed by atoms with Crippen molar-refractivity contribution in [2.75, 3.05) is 31.6 Å². The molecule has 0 radical (unpaired) electrons. The highest BCUT2D eigenvalue weighted by Crippen LogP contribution is 2.22. The average molecular weight is 304 g/mol. The molecule has 120 valence electrons. The Balaban J connectivity index is 2.03. The number of anilines is 1. The number of rotatable bonds is 5. The number of piperazine rings is 1. The van der Waals surface area contributed by atoms with E-state index >= 15 is 0 Å². The molecule has 22 heavy (non-hydrogen) atoms. The highest BCUT2D eigenvalue weighted by molar-refractivity contribution is 5.98. The third-order valence-corrected chi connectivity index (χ3v) is 4.25. The molecule has 1 aromatic rings. The van der Waals surface area contributed by atoms with Crippen LogP contribution in [0.1, 0.15) is 26.7 Å². The van der Waals surface area contributed by atoms with E-state index in [9.17, 15) is 9.59 Å². The molecule has 0 aliphatic carbocycles. The fourth-order valence-corrected chi connectivity index (χ4v) is 2.79. The summed E-state index contributed by atoms with van der Waals surface area (Å²) < 4.78 is 5.13. The lowest BCUT2D eigenvalue weighted by atomic mass is 10.0. The molecule has 1 aromatic carbocycles. The zero-order valence-corrected chi connectivity index (χ0v) is 13.5. The van der Waals surface area contributed by atoms with Crippen molar-refractivity contribution in [3.05, 3.63) is 24.3 Å². The largest absolute Gasteiger partial charge is 0.497 e. The maximum atomic E-state index is 12.4. The Morgan fingerprint density at radius 3 is 2.32 bits per heavy atom. The predicted molar refractivity (Wildman–Crippen MR) is 86.0 cm³/mol. The van der Waals surface area contributed by atoms with Crippen LogP contribution in [0.5, 0.6) is 5.75 Å².